The molecule has 0 aliphatic rings. The van der Waals surface area contributed by atoms with Crippen LogP contribution >= 0.6 is 0 Å². The van der Waals surface area contributed by atoms with Gasteiger partial charge in [0, 0.05) is 0 Å². The SMILES string of the molecule is CC(=O)/C=C(\C)c1ccc2ccccc2c1. The molecular weight excluding hydrogens is 196 g/mol. The average Bonchev–Trinajstić information content (AvgIpc) is 2.27. The molecule has 0 amide bonds. The lowest BCUT2D eigenvalue weighted by Gasteiger charge is -2.03. The van der Waals surface area contributed by atoms with E-state index in [1.807, 2.05) is 19.1 Å². The Morgan fingerprint density at radius 2 is 1.69 bits per heavy atom. The largest absolute Gasteiger partial charge is 0.295 e. The van der Waals surface area contributed by atoms with Crippen LogP contribution in [-0.2, 0) is 4.79 Å². The van der Waals surface area contributed by atoms with Crippen LogP contribution in [0.5, 0.6) is 0 Å². The molecule has 2 aromatic carbocycles. The van der Waals surface area contributed by atoms with Crippen LogP contribution in [0.25, 0.3) is 16.3 Å². The number of allylic oxidation sites excluding steroid dienone is 2. The van der Waals surface area contributed by atoms with Crippen molar-refractivity contribution >= 4 is 22.1 Å². The number of rotatable bonds is 2. The third-order valence-corrected chi connectivity index (χ3v) is 2.62. The molecule has 0 fully saturated rings. The van der Waals surface area contributed by atoms with Crippen LogP contribution in [0.4, 0.5) is 0 Å². The van der Waals surface area contributed by atoms with E-state index < -0.39 is 0 Å². The number of ketones is 1. The highest BCUT2D eigenvalue weighted by Gasteiger charge is 1.99. The molecule has 80 valence electrons. The molecule has 0 saturated heterocycles. The summed E-state index contributed by atoms with van der Waals surface area (Å²) in [5.41, 5.74) is 2.12. The van der Waals surface area contributed by atoms with E-state index in [9.17, 15) is 4.79 Å². The first-order valence-electron chi connectivity index (χ1n) is 5.35. The lowest BCUT2D eigenvalue weighted by molar-refractivity contribution is -0.112. The molecule has 0 unspecified atom stereocenters. The summed E-state index contributed by atoms with van der Waals surface area (Å²) in [6.45, 7) is 3.54. The van der Waals surface area contributed by atoms with Gasteiger partial charge in [0.25, 0.3) is 0 Å². The van der Waals surface area contributed by atoms with Gasteiger partial charge in [-0.2, -0.15) is 0 Å². The molecule has 0 aromatic heterocycles. The zero-order chi connectivity index (χ0) is 11.5. The highest BCUT2D eigenvalue weighted by molar-refractivity contribution is 5.96. The van der Waals surface area contributed by atoms with Crippen molar-refractivity contribution in [2.75, 3.05) is 0 Å². The average molecular weight is 210 g/mol. The highest BCUT2D eigenvalue weighted by atomic mass is 16.1. The van der Waals surface area contributed by atoms with Crippen molar-refractivity contribution in [1.82, 2.24) is 0 Å². The van der Waals surface area contributed by atoms with Crippen LogP contribution in [0.1, 0.15) is 19.4 Å². The number of hydrogen-bond acceptors (Lipinski definition) is 1. The van der Waals surface area contributed by atoms with Gasteiger partial charge >= 0.3 is 0 Å². The van der Waals surface area contributed by atoms with Gasteiger partial charge in [-0.15, -0.1) is 0 Å². The van der Waals surface area contributed by atoms with Crippen molar-refractivity contribution in [3.8, 4) is 0 Å². The number of fused-ring (bicyclic) bond motifs is 1. The van der Waals surface area contributed by atoms with Crippen LogP contribution < -0.4 is 0 Å². The van der Waals surface area contributed by atoms with Crippen molar-refractivity contribution in [2.24, 2.45) is 0 Å². The van der Waals surface area contributed by atoms with Crippen LogP contribution in [0.2, 0.25) is 0 Å². The molecule has 0 bridgehead atoms. The van der Waals surface area contributed by atoms with Crippen LogP contribution in [-0.4, -0.2) is 5.78 Å². The molecule has 2 aromatic rings. The molecule has 2 rings (SSSR count). The molecule has 1 heteroatoms. The van der Waals surface area contributed by atoms with E-state index in [4.69, 9.17) is 0 Å². The van der Waals surface area contributed by atoms with Gasteiger partial charge in [0.1, 0.15) is 0 Å². The molecule has 0 saturated carbocycles. The highest BCUT2D eigenvalue weighted by Crippen LogP contribution is 2.20. The second-order valence-corrected chi connectivity index (χ2v) is 4.00. The summed E-state index contributed by atoms with van der Waals surface area (Å²) in [5, 5.41) is 2.43. The maximum absolute atomic E-state index is 11.0. The van der Waals surface area contributed by atoms with Gasteiger partial charge in [0.05, 0.1) is 0 Å². The summed E-state index contributed by atoms with van der Waals surface area (Å²) < 4.78 is 0. The normalized spacial score (nSPS) is 11.8. The molecular formula is C15H14O. The summed E-state index contributed by atoms with van der Waals surface area (Å²) in [7, 11) is 0. The summed E-state index contributed by atoms with van der Waals surface area (Å²) in [5.74, 6) is 0.0886. The maximum atomic E-state index is 11.0. The number of carbonyl (C=O) groups excluding carboxylic acids is 1. The van der Waals surface area contributed by atoms with Crippen LogP contribution in [0.15, 0.2) is 48.5 Å². The number of hydrogen-bond donors (Lipinski definition) is 0. The molecule has 0 atom stereocenters. The summed E-state index contributed by atoms with van der Waals surface area (Å²) in [6.07, 6.45) is 1.67. The van der Waals surface area contributed by atoms with Crippen molar-refractivity contribution in [2.45, 2.75) is 13.8 Å². The fraction of sp³-hybridized carbons (Fsp3) is 0.133. The van der Waals surface area contributed by atoms with Crippen molar-refractivity contribution < 1.29 is 4.79 Å². The predicted molar refractivity (Wildman–Crippen MR) is 68.3 cm³/mol. The minimum absolute atomic E-state index is 0.0886. The van der Waals surface area contributed by atoms with Gasteiger partial charge in [-0.25, -0.2) is 0 Å². The van der Waals surface area contributed by atoms with E-state index in [-0.39, 0.29) is 5.78 Å². The molecule has 0 aliphatic heterocycles. The Kier molecular flexibility index (Phi) is 2.86. The van der Waals surface area contributed by atoms with E-state index in [0.29, 0.717) is 0 Å². The number of benzene rings is 2. The van der Waals surface area contributed by atoms with E-state index in [1.54, 1.807) is 13.0 Å². The van der Waals surface area contributed by atoms with Gasteiger partial charge in [-0.3, -0.25) is 4.79 Å². The van der Waals surface area contributed by atoms with Crippen molar-refractivity contribution in [3.63, 3.8) is 0 Å². The van der Waals surface area contributed by atoms with Gasteiger partial charge in [0.15, 0.2) is 5.78 Å². The molecule has 1 nitrogen and oxygen atoms in total. The van der Waals surface area contributed by atoms with E-state index >= 15 is 0 Å². The Morgan fingerprint density at radius 1 is 1.00 bits per heavy atom. The minimum Gasteiger partial charge on any atom is -0.295 e. The standard InChI is InChI=1S/C15H14O/c1-11(9-12(2)16)14-8-7-13-5-3-4-6-15(13)10-14/h3-10H,1-2H3/b11-9+. The fourth-order valence-corrected chi connectivity index (χ4v) is 1.82. The van der Waals surface area contributed by atoms with Crippen molar-refractivity contribution in [3.05, 3.63) is 54.1 Å². The second-order valence-electron chi connectivity index (χ2n) is 4.00. The van der Waals surface area contributed by atoms with Gasteiger partial charge in [-0.1, -0.05) is 36.4 Å². The summed E-state index contributed by atoms with van der Waals surface area (Å²) >= 11 is 0. The van der Waals surface area contributed by atoms with E-state index in [1.165, 1.54) is 10.8 Å². The summed E-state index contributed by atoms with van der Waals surface area (Å²) in [4.78, 5) is 11.0. The van der Waals surface area contributed by atoms with E-state index in [2.05, 4.69) is 30.3 Å². The fourth-order valence-electron chi connectivity index (χ4n) is 1.82. The third-order valence-electron chi connectivity index (χ3n) is 2.62. The lowest BCUT2D eigenvalue weighted by Crippen LogP contribution is -1.86. The number of carbonyl (C=O) groups is 1. The first kappa shape index (κ1) is 10.6. The predicted octanol–water partition coefficient (Wildman–Crippen LogP) is 3.83. The lowest BCUT2D eigenvalue weighted by atomic mass is 10.0. The minimum atomic E-state index is 0.0886. The van der Waals surface area contributed by atoms with Gasteiger partial charge in [-0.05, 0) is 47.9 Å². The smallest absolute Gasteiger partial charge is 0.152 e. The van der Waals surface area contributed by atoms with Crippen LogP contribution in [0.3, 0.4) is 0 Å². The van der Waals surface area contributed by atoms with Gasteiger partial charge < -0.3 is 0 Å². The van der Waals surface area contributed by atoms with Crippen molar-refractivity contribution in [1.29, 1.82) is 0 Å². The Labute approximate surface area is 95.4 Å². The second kappa shape index (κ2) is 4.31. The topological polar surface area (TPSA) is 17.1 Å². The third kappa shape index (κ3) is 2.19. The summed E-state index contributed by atoms with van der Waals surface area (Å²) in [6, 6.07) is 14.5. The van der Waals surface area contributed by atoms with Gasteiger partial charge in [0.2, 0.25) is 0 Å². The quantitative estimate of drug-likeness (QED) is 0.688. The molecule has 0 aliphatic carbocycles. The zero-order valence-electron chi connectivity index (χ0n) is 9.53. The first-order chi connectivity index (χ1) is 7.66. The molecule has 0 N–H and O–H groups in total. The maximum Gasteiger partial charge on any atom is 0.152 e. The molecule has 0 spiro atoms. The first-order valence-corrected chi connectivity index (χ1v) is 5.35. The molecule has 0 heterocycles. The Balaban J connectivity index is 2.51. The Hall–Kier alpha value is -1.89. The monoisotopic (exact) mass is 210 g/mol. The zero-order valence-corrected chi connectivity index (χ0v) is 9.53. The Bertz CT molecular complexity index is 564. The Morgan fingerprint density at radius 3 is 2.38 bits per heavy atom. The molecule has 0 radical (unpaired) electrons. The van der Waals surface area contributed by atoms with Crippen LogP contribution in [0, 0.1) is 0 Å². The molecule has 16 heavy (non-hydrogen) atoms. The van der Waals surface area contributed by atoms with E-state index in [0.717, 1.165) is 11.1 Å².